The molecule has 17 heavy (non-hydrogen) atoms. The van der Waals surface area contributed by atoms with Gasteiger partial charge in [0.1, 0.15) is 0 Å². The quantitative estimate of drug-likeness (QED) is 0.744. The number of nitrogens with one attached hydrogen (secondary N) is 1. The van der Waals surface area contributed by atoms with Gasteiger partial charge in [-0.3, -0.25) is 14.9 Å². The smallest absolute Gasteiger partial charge is 0.229 e. The molecule has 3 unspecified atom stereocenters. The van der Waals surface area contributed by atoms with Gasteiger partial charge in [0.15, 0.2) is 0 Å². The van der Waals surface area contributed by atoms with Crippen LogP contribution in [0.15, 0.2) is 0 Å². The van der Waals surface area contributed by atoms with Crippen molar-refractivity contribution < 1.29 is 14.3 Å². The second-order valence-corrected chi connectivity index (χ2v) is 5.45. The van der Waals surface area contributed by atoms with E-state index in [4.69, 9.17) is 4.74 Å². The summed E-state index contributed by atoms with van der Waals surface area (Å²) in [5.41, 5.74) is 0. The van der Waals surface area contributed by atoms with Gasteiger partial charge in [-0.25, -0.2) is 0 Å². The Morgan fingerprint density at radius 2 is 2.00 bits per heavy atom. The standard InChI is InChI=1S/C13H23NO3/c1-8(2)5-11-10(9(3)7-17-4)6-12(15)14-13(11)16/h8-11H,5-7H2,1-4H3,(H,14,15,16). The molecule has 0 saturated carbocycles. The highest BCUT2D eigenvalue weighted by Gasteiger charge is 2.38. The van der Waals surface area contributed by atoms with Gasteiger partial charge in [-0.2, -0.15) is 0 Å². The van der Waals surface area contributed by atoms with Crippen LogP contribution < -0.4 is 5.32 Å². The summed E-state index contributed by atoms with van der Waals surface area (Å²) in [6.07, 6.45) is 1.27. The molecule has 0 radical (unpaired) electrons. The molecule has 1 saturated heterocycles. The van der Waals surface area contributed by atoms with Crippen LogP contribution in [0.25, 0.3) is 0 Å². The molecule has 0 aliphatic carbocycles. The number of hydrogen-bond acceptors (Lipinski definition) is 3. The fourth-order valence-corrected chi connectivity index (χ4v) is 2.61. The fraction of sp³-hybridized carbons (Fsp3) is 0.846. The molecule has 1 heterocycles. The first kappa shape index (κ1) is 14.2. The third-order valence-electron chi connectivity index (χ3n) is 3.42. The fourth-order valence-electron chi connectivity index (χ4n) is 2.61. The Morgan fingerprint density at radius 3 is 2.53 bits per heavy atom. The molecule has 1 fully saturated rings. The lowest BCUT2D eigenvalue weighted by molar-refractivity contribution is -0.141. The minimum Gasteiger partial charge on any atom is -0.384 e. The molecular weight excluding hydrogens is 218 g/mol. The van der Waals surface area contributed by atoms with Crippen molar-refractivity contribution in [2.75, 3.05) is 13.7 Å². The molecule has 98 valence electrons. The van der Waals surface area contributed by atoms with E-state index in [0.717, 1.165) is 6.42 Å². The number of carbonyl (C=O) groups excluding carboxylic acids is 2. The number of amides is 2. The average Bonchev–Trinajstić information content (AvgIpc) is 2.21. The Labute approximate surface area is 103 Å². The van der Waals surface area contributed by atoms with Gasteiger partial charge in [0, 0.05) is 26.1 Å². The third kappa shape index (κ3) is 3.80. The monoisotopic (exact) mass is 241 g/mol. The van der Waals surface area contributed by atoms with E-state index in [1.54, 1.807) is 7.11 Å². The molecule has 1 aliphatic rings. The van der Waals surface area contributed by atoms with Crippen LogP contribution in [0.3, 0.4) is 0 Å². The van der Waals surface area contributed by atoms with Gasteiger partial charge in [0.2, 0.25) is 11.8 Å². The lowest BCUT2D eigenvalue weighted by atomic mass is 9.74. The first-order valence-corrected chi connectivity index (χ1v) is 6.28. The van der Waals surface area contributed by atoms with E-state index in [2.05, 4.69) is 19.2 Å². The first-order valence-electron chi connectivity index (χ1n) is 6.28. The normalized spacial score (nSPS) is 27.1. The van der Waals surface area contributed by atoms with Gasteiger partial charge in [-0.05, 0) is 24.2 Å². The average molecular weight is 241 g/mol. The Kier molecular flexibility index (Phi) is 5.12. The molecular formula is C13H23NO3. The molecule has 0 aromatic carbocycles. The molecule has 1 aliphatic heterocycles. The molecule has 4 nitrogen and oxygen atoms in total. The zero-order chi connectivity index (χ0) is 13.0. The maximum Gasteiger partial charge on any atom is 0.229 e. The number of piperidine rings is 1. The van der Waals surface area contributed by atoms with Gasteiger partial charge in [-0.1, -0.05) is 20.8 Å². The van der Waals surface area contributed by atoms with Crippen molar-refractivity contribution in [3.63, 3.8) is 0 Å². The topological polar surface area (TPSA) is 55.4 Å². The highest BCUT2D eigenvalue weighted by atomic mass is 16.5. The maximum absolute atomic E-state index is 11.9. The van der Waals surface area contributed by atoms with Gasteiger partial charge in [0.05, 0.1) is 0 Å². The highest BCUT2D eigenvalue weighted by Crippen LogP contribution is 2.32. The summed E-state index contributed by atoms with van der Waals surface area (Å²) in [5.74, 6) is 0.484. The zero-order valence-corrected chi connectivity index (χ0v) is 11.2. The van der Waals surface area contributed by atoms with Crippen LogP contribution in [0.4, 0.5) is 0 Å². The van der Waals surface area contributed by atoms with Crippen molar-refractivity contribution in [3.8, 4) is 0 Å². The van der Waals surface area contributed by atoms with Gasteiger partial charge < -0.3 is 4.74 Å². The molecule has 0 aromatic rings. The molecule has 1 N–H and O–H groups in total. The van der Waals surface area contributed by atoms with E-state index < -0.39 is 0 Å². The van der Waals surface area contributed by atoms with Crippen molar-refractivity contribution in [1.82, 2.24) is 5.32 Å². The lowest BCUT2D eigenvalue weighted by Gasteiger charge is -2.34. The Hall–Kier alpha value is -0.900. The number of hydrogen-bond donors (Lipinski definition) is 1. The van der Waals surface area contributed by atoms with Crippen molar-refractivity contribution in [2.24, 2.45) is 23.7 Å². The molecule has 0 spiro atoms. The summed E-state index contributed by atoms with van der Waals surface area (Å²) in [5, 5.41) is 2.44. The van der Waals surface area contributed by atoms with Crippen LogP contribution in [0.2, 0.25) is 0 Å². The molecule has 2 amide bonds. The van der Waals surface area contributed by atoms with Crippen LogP contribution >= 0.6 is 0 Å². The van der Waals surface area contributed by atoms with Crippen LogP contribution in [-0.2, 0) is 14.3 Å². The van der Waals surface area contributed by atoms with E-state index >= 15 is 0 Å². The second kappa shape index (κ2) is 6.15. The van der Waals surface area contributed by atoms with Gasteiger partial charge in [-0.15, -0.1) is 0 Å². The Bertz CT molecular complexity index is 288. The molecule has 0 aromatic heterocycles. The minimum atomic E-state index is -0.150. The van der Waals surface area contributed by atoms with Crippen molar-refractivity contribution in [3.05, 3.63) is 0 Å². The van der Waals surface area contributed by atoms with Crippen molar-refractivity contribution >= 4 is 11.8 Å². The predicted molar refractivity (Wildman–Crippen MR) is 65.2 cm³/mol. The van der Waals surface area contributed by atoms with E-state index in [1.165, 1.54) is 0 Å². The summed E-state index contributed by atoms with van der Waals surface area (Å²) >= 11 is 0. The van der Waals surface area contributed by atoms with Crippen molar-refractivity contribution in [2.45, 2.75) is 33.6 Å². The van der Waals surface area contributed by atoms with E-state index in [1.807, 2.05) is 6.92 Å². The summed E-state index contributed by atoms with van der Waals surface area (Å²) in [7, 11) is 1.65. The largest absolute Gasteiger partial charge is 0.384 e. The third-order valence-corrected chi connectivity index (χ3v) is 3.42. The van der Waals surface area contributed by atoms with Crippen LogP contribution in [0.1, 0.15) is 33.6 Å². The number of imide groups is 1. The zero-order valence-electron chi connectivity index (χ0n) is 11.2. The van der Waals surface area contributed by atoms with Crippen LogP contribution in [-0.4, -0.2) is 25.5 Å². The minimum absolute atomic E-state index is 0.0575. The summed E-state index contributed by atoms with van der Waals surface area (Å²) < 4.78 is 5.14. The summed E-state index contributed by atoms with van der Waals surface area (Å²) in [6, 6.07) is 0. The summed E-state index contributed by atoms with van der Waals surface area (Å²) in [4.78, 5) is 23.3. The molecule has 3 atom stereocenters. The predicted octanol–water partition coefficient (Wildman–Crippen LogP) is 1.59. The number of rotatable bonds is 5. The lowest BCUT2D eigenvalue weighted by Crippen LogP contribution is -2.48. The highest BCUT2D eigenvalue weighted by molar-refractivity contribution is 5.99. The van der Waals surface area contributed by atoms with E-state index in [9.17, 15) is 9.59 Å². The molecule has 4 heteroatoms. The number of methoxy groups -OCH3 is 1. The van der Waals surface area contributed by atoms with Crippen LogP contribution in [0, 0.1) is 23.7 Å². The maximum atomic E-state index is 11.9. The molecule has 0 bridgehead atoms. The van der Waals surface area contributed by atoms with Gasteiger partial charge >= 0.3 is 0 Å². The van der Waals surface area contributed by atoms with E-state index in [0.29, 0.717) is 18.9 Å². The summed E-state index contributed by atoms with van der Waals surface area (Å²) in [6.45, 7) is 6.84. The molecule has 1 rings (SSSR count). The van der Waals surface area contributed by atoms with Gasteiger partial charge in [0.25, 0.3) is 0 Å². The Morgan fingerprint density at radius 1 is 1.35 bits per heavy atom. The van der Waals surface area contributed by atoms with Crippen molar-refractivity contribution in [1.29, 1.82) is 0 Å². The first-order chi connectivity index (χ1) is 7.95. The second-order valence-electron chi connectivity index (χ2n) is 5.45. The van der Waals surface area contributed by atoms with Crippen LogP contribution in [0.5, 0.6) is 0 Å². The van der Waals surface area contributed by atoms with E-state index in [-0.39, 0.29) is 29.6 Å². The number of ether oxygens (including phenoxy) is 1. The SMILES string of the molecule is COCC(C)C1CC(=O)NC(=O)C1CC(C)C. The Balaban J connectivity index is 2.78. The number of carbonyl (C=O) groups is 2.